The molecule has 1 saturated heterocycles. The van der Waals surface area contributed by atoms with Gasteiger partial charge in [0.05, 0.1) is 15.6 Å². The number of imidazole rings is 1. The maximum atomic E-state index is 9.50. The number of rotatable bonds is 2. The molecule has 8 heteroatoms. The zero-order valence-corrected chi connectivity index (χ0v) is 16.9. The summed E-state index contributed by atoms with van der Waals surface area (Å²) >= 11 is 6.99. The number of nitriles is 1. The molecule has 3 rings (SSSR count). The van der Waals surface area contributed by atoms with Crippen LogP contribution in [0.3, 0.4) is 0 Å². The number of anilines is 1. The lowest BCUT2D eigenvalue weighted by molar-refractivity contribution is 0.608. The lowest BCUT2D eigenvalue weighted by atomic mass is 10.2. The maximum absolute atomic E-state index is 9.50. The number of aromatic nitrogens is 2. The van der Waals surface area contributed by atoms with Crippen molar-refractivity contribution in [2.75, 3.05) is 18.0 Å². The molecule has 1 aromatic heterocycles. The van der Waals surface area contributed by atoms with Crippen LogP contribution in [0, 0.1) is 11.3 Å². The minimum absolute atomic E-state index is 0. The van der Waals surface area contributed by atoms with Crippen molar-refractivity contribution in [3.05, 3.63) is 20.6 Å². The van der Waals surface area contributed by atoms with Gasteiger partial charge in [-0.25, -0.2) is 4.98 Å². The van der Waals surface area contributed by atoms with E-state index in [1.807, 2.05) is 6.07 Å². The summed E-state index contributed by atoms with van der Waals surface area (Å²) in [6, 6.07) is 4.72. The first kappa shape index (κ1) is 18.5. The van der Waals surface area contributed by atoms with Crippen LogP contribution in [0.5, 0.6) is 0 Å². The fourth-order valence-electron chi connectivity index (χ4n) is 2.96. The van der Waals surface area contributed by atoms with Gasteiger partial charge in [0.25, 0.3) is 0 Å². The molecule has 0 bridgehead atoms. The third kappa shape index (κ3) is 3.10. The highest BCUT2D eigenvalue weighted by Crippen LogP contribution is 2.37. The Labute approximate surface area is 158 Å². The molecule has 0 unspecified atom stereocenters. The van der Waals surface area contributed by atoms with Crippen LogP contribution in [0.15, 0.2) is 15.0 Å². The van der Waals surface area contributed by atoms with E-state index in [1.54, 1.807) is 0 Å². The van der Waals surface area contributed by atoms with E-state index in [4.69, 9.17) is 10.7 Å². The lowest BCUT2D eigenvalue weighted by Gasteiger charge is -2.21. The smallest absolute Gasteiger partial charge is 0.206 e. The molecule has 1 aliphatic heterocycles. The summed E-state index contributed by atoms with van der Waals surface area (Å²) in [4.78, 5) is 7.00. The van der Waals surface area contributed by atoms with Crippen LogP contribution in [0.2, 0.25) is 0 Å². The molecule has 2 N–H and O–H groups in total. The molecule has 0 aliphatic carbocycles. The number of hydrogen-bond acceptors (Lipinski definition) is 4. The summed E-state index contributed by atoms with van der Waals surface area (Å²) in [7, 11) is 0. The largest absolute Gasteiger partial charge is 0.341 e. The molecular weight excluding hydrogens is 445 g/mol. The number of nitrogens with two attached hydrogens (primary N) is 1. The zero-order valence-electron chi connectivity index (χ0n) is 12.9. The van der Waals surface area contributed by atoms with Gasteiger partial charge >= 0.3 is 0 Å². The van der Waals surface area contributed by atoms with Gasteiger partial charge in [-0.1, -0.05) is 0 Å². The van der Waals surface area contributed by atoms with Crippen LogP contribution < -0.4 is 10.6 Å². The van der Waals surface area contributed by atoms with Gasteiger partial charge in [0.15, 0.2) is 0 Å². The molecule has 124 valence electrons. The number of fused-ring (bicyclic) bond motifs is 1. The van der Waals surface area contributed by atoms with E-state index >= 15 is 0 Å². The highest BCUT2D eigenvalue weighted by molar-refractivity contribution is 9.13. The van der Waals surface area contributed by atoms with Gasteiger partial charge in [0.1, 0.15) is 11.6 Å². The fourth-order valence-corrected chi connectivity index (χ4v) is 3.77. The molecule has 0 saturated carbocycles. The third-order valence-electron chi connectivity index (χ3n) is 3.99. The number of halogens is 3. The molecule has 1 atom stereocenters. The number of hydrogen-bond donors (Lipinski definition) is 1. The minimum atomic E-state index is 0. The van der Waals surface area contributed by atoms with E-state index in [2.05, 4.69) is 61.2 Å². The monoisotopic (exact) mass is 461 g/mol. The van der Waals surface area contributed by atoms with Gasteiger partial charge in [-0.05, 0) is 58.2 Å². The van der Waals surface area contributed by atoms with Crippen molar-refractivity contribution in [3.63, 3.8) is 0 Å². The Balaban J connectivity index is 0.00000192. The van der Waals surface area contributed by atoms with Gasteiger partial charge in [-0.15, -0.1) is 12.4 Å². The first-order valence-electron chi connectivity index (χ1n) is 7.24. The van der Waals surface area contributed by atoms with Crippen LogP contribution >= 0.6 is 44.3 Å². The minimum Gasteiger partial charge on any atom is -0.341 e. The third-order valence-corrected chi connectivity index (χ3v) is 5.98. The highest BCUT2D eigenvalue weighted by Gasteiger charge is 2.27. The summed E-state index contributed by atoms with van der Waals surface area (Å²) in [5, 5.41) is 9.50. The molecule has 0 spiro atoms. The normalized spacial score (nSPS) is 17.6. The zero-order chi connectivity index (χ0) is 16.0. The molecule has 23 heavy (non-hydrogen) atoms. The molecule has 2 aromatic rings. The second-order valence-corrected chi connectivity index (χ2v) is 7.54. The highest BCUT2D eigenvalue weighted by atomic mass is 79.9. The quantitative estimate of drug-likeness (QED) is 0.732. The predicted octanol–water partition coefficient (Wildman–Crippen LogP) is 3.97. The Hall–Kier alpha value is -0.810. The van der Waals surface area contributed by atoms with Crippen LogP contribution in [0.4, 0.5) is 5.95 Å². The van der Waals surface area contributed by atoms with Crippen molar-refractivity contribution in [2.45, 2.75) is 32.4 Å². The van der Waals surface area contributed by atoms with E-state index in [0.29, 0.717) is 5.56 Å². The van der Waals surface area contributed by atoms with E-state index in [0.717, 1.165) is 45.4 Å². The molecule has 2 heterocycles. The number of nitrogens with zero attached hydrogens (tertiary/aromatic N) is 4. The van der Waals surface area contributed by atoms with Crippen molar-refractivity contribution < 1.29 is 0 Å². The van der Waals surface area contributed by atoms with Crippen molar-refractivity contribution in [1.29, 1.82) is 5.26 Å². The molecule has 5 nitrogen and oxygen atoms in total. The standard InChI is InChI=1S/C15H17Br2N5.ClH/c1-8(2)22-12-5-11(16)13(17)10(6-18)14(12)20-15(22)21-4-3-9(19)7-21;/h5,8-9H,3-4,7,19H2,1-2H3;1H/t9-;/m1./s1. The van der Waals surface area contributed by atoms with Gasteiger partial charge in [0, 0.05) is 29.6 Å². The topological polar surface area (TPSA) is 70.9 Å². The maximum Gasteiger partial charge on any atom is 0.206 e. The van der Waals surface area contributed by atoms with Crippen LogP contribution in [0.1, 0.15) is 31.9 Å². The van der Waals surface area contributed by atoms with Gasteiger partial charge in [-0.2, -0.15) is 5.26 Å². The van der Waals surface area contributed by atoms with E-state index in [1.165, 1.54) is 0 Å². The summed E-state index contributed by atoms with van der Waals surface area (Å²) in [5.74, 6) is 0.902. The van der Waals surface area contributed by atoms with E-state index < -0.39 is 0 Å². The Morgan fingerprint density at radius 3 is 2.65 bits per heavy atom. The summed E-state index contributed by atoms with van der Waals surface area (Å²) in [6.07, 6.45) is 0.972. The summed E-state index contributed by atoms with van der Waals surface area (Å²) in [6.45, 7) is 5.97. The van der Waals surface area contributed by atoms with Crippen LogP contribution in [-0.2, 0) is 0 Å². The lowest BCUT2D eigenvalue weighted by Crippen LogP contribution is -2.28. The Morgan fingerprint density at radius 1 is 1.43 bits per heavy atom. The second-order valence-electron chi connectivity index (χ2n) is 5.90. The molecule has 1 fully saturated rings. The second kappa shape index (κ2) is 6.98. The molecule has 0 radical (unpaired) electrons. The summed E-state index contributed by atoms with van der Waals surface area (Å²) in [5.41, 5.74) is 8.31. The fraction of sp³-hybridized carbons (Fsp3) is 0.467. The first-order chi connectivity index (χ1) is 10.4. The molecule has 1 aliphatic rings. The van der Waals surface area contributed by atoms with Crippen LogP contribution in [-0.4, -0.2) is 28.7 Å². The first-order valence-corrected chi connectivity index (χ1v) is 8.83. The van der Waals surface area contributed by atoms with E-state index in [9.17, 15) is 5.26 Å². The predicted molar refractivity (Wildman–Crippen MR) is 102 cm³/mol. The average Bonchev–Trinajstić information content (AvgIpc) is 3.03. The van der Waals surface area contributed by atoms with Gasteiger partial charge < -0.3 is 15.2 Å². The Morgan fingerprint density at radius 2 is 2.13 bits per heavy atom. The van der Waals surface area contributed by atoms with E-state index in [-0.39, 0.29) is 24.5 Å². The van der Waals surface area contributed by atoms with Crippen molar-refractivity contribution in [2.24, 2.45) is 5.73 Å². The molecule has 0 amide bonds. The Kier molecular flexibility index (Phi) is 5.62. The summed E-state index contributed by atoms with van der Waals surface area (Å²) < 4.78 is 3.80. The average molecular weight is 464 g/mol. The molecular formula is C15H18Br2ClN5. The van der Waals surface area contributed by atoms with Crippen LogP contribution in [0.25, 0.3) is 11.0 Å². The van der Waals surface area contributed by atoms with Gasteiger partial charge in [0.2, 0.25) is 5.95 Å². The van der Waals surface area contributed by atoms with Gasteiger partial charge in [-0.3, -0.25) is 0 Å². The molecule has 1 aromatic carbocycles. The van der Waals surface area contributed by atoms with Crippen molar-refractivity contribution in [3.8, 4) is 6.07 Å². The van der Waals surface area contributed by atoms with Crippen molar-refractivity contribution >= 4 is 61.2 Å². The Bertz CT molecular complexity index is 780. The SMILES string of the molecule is CC(C)n1c(N2CC[C@@H](N)C2)nc2c(C#N)c(Br)c(Br)cc21.Cl. The van der Waals surface area contributed by atoms with Crippen molar-refractivity contribution in [1.82, 2.24) is 9.55 Å². The number of benzene rings is 1.